The molecule has 0 aliphatic carbocycles. The topological polar surface area (TPSA) is 90.7 Å². The number of aryl methyl sites for hydroxylation is 1. The van der Waals surface area contributed by atoms with E-state index in [4.69, 9.17) is 5.73 Å². The lowest BCUT2D eigenvalue weighted by atomic mass is 10.1. The van der Waals surface area contributed by atoms with Crippen LogP contribution in [0.4, 0.5) is 35.9 Å². The summed E-state index contributed by atoms with van der Waals surface area (Å²) in [5, 5.41) is 5.42. The zero-order valence-electron chi connectivity index (χ0n) is 21.8. The van der Waals surface area contributed by atoms with Crippen LogP contribution in [0.3, 0.4) is 0 Å². The molecular weight excluding hydrogens is 495 g/mol. The van der Waals surface area contributed by atoms with E-state index < -0.39 is 23.6 Å². The van der Waals surface area contributed by atoms with E-state index in [1.165, 1.54) is 12.1 Å². The Labute approximate surface area is 220 Å². The number of hydrogen-bond acceptors (Lipinski definition) is 5. The summed E-state index contributed by atoms with van der Waals surface area (Å²) in [5.74, 6) is -1.12. The van der Waals surface area contributed by atoms with E-state index in [1.54, 1.807) is 37.3 Å². The maximum atomic E-state index is 13.1. The van der Waals surface area contributed by atoms with Crippen molar-refractivity contribution in [2.24, 2.45) is 0 Å². The van der Waals surface area contributed by atoms with Gasteiger partial charge in [-0.25, -0.2) is 0 Å². The summed E-state index contributed by atoms with van der Waals surface area (Å²) in [4.78, 5) is 29.9. The molecule has 3 aromatic rings. The number of amides is 2. The van der Waals surface area contributed by atoms with Crippen molar-refractivity contribution in [2.75, 3.05) is 55.5 Å². The summed E-state index contributed by atoms with van der Waals surface area (Å²) in [6.07, 6.45) is -3.61. The van der Waals surface area contributed by atoms with Crippen molar-refractivity contribution in [3.63, 3.8) is 0 Å². The van der Waals surface area contributed by atoms with Crippen molar-refractivity contribution in [2.45, 2.75) is 19.5 Å². The minimum Gasteiger partial charge on any atom is -0.398 e. The molecule has 38 heavy (non-hydrogen) atoms. The van der Waals surface area contributed by atoms with Gasteiger partial charge in [-0.2, -0.15) is 13.2 Å². The van der Waals surface area contributed by atoms with Gasteiger partial charge in [0, 0.05) is 41.9 Å². The summed E-state index contributed by atoms with van der Waals surface area (Å²) < 4.78 is 39.0. The largest absolute Gasteiger partial charge is 0.416 e. The van der Waals surface area contributed by atoms with Crippen LogP contribution in [0, 0.1) is 6.92 Å². The second kappa shape index (κ2) is 12.0. The SMILES string of the molecule is Cc1ccc(NC(=O)c2cccc(C(F)(F)F)c2)cc1NC(=O)c1cc(N(C)CCCN(C)C)ccc1N. The van der Waals surface area contributed by atoms with Crippen LogP contribution in [0.15, 0.2) is 60.7 Å². The van der Waals surface area contributed by atoms with E-state index in [2.05, 4.69) is 20.4 Å². The van der Waals surface area contributed by atoms with Crippen LogP contribution in [0.25, 0.3) is 0 Å². The Bertz CT molecular complexity index is 1310. The monoisotopic (exact) mass is 527 g/mol. The highest BCUT2D eigenvalue weighted by molar-refractivity contribution is 6.09. The molecule has 0 bridgehead atoms. The maximum absolute atomic E-state index is 13.1. The van der Waals surface area contributed by atoms with E-state index in [0.29, 0.717) is 22.6 Å². The normalized spacial score (nSPS) is 11.4. The number of alkyl halides is 3. The van der Waals surface area contributed by atoms with Gasteiger partial charge in [-0.3, -0.25) is 9.59 Å². The Morgan fingerprint density at radius 3 is 2.32 bits per heavy atom. The third kappa shape index (κ3) is 7.48. The molecule has 0 radical (unpaired) electrons. The molecule has 0 spiro atoms. The van der Waals surface area contributed by atoms with Gasteiger partial charge in [-0.15, -0.1) is 0 Å². The van der Waals surface area contributed by atoms with Crippen molar-refractivity contribution in [3.05, 3.63) is 82.9 Å². The van der Waals surface area contributed by atoms with Crippen LogP contribution in [0.2, 0.25) is 0 Å². The first-order valence-corrected chi connectivity index (χ1v) is 12.0. The minimum atomic E-state index is -4.56. The fraction of sp³-hybridized carbons (Fsp3) is 0.286. The molecular formula is C28H32F3N5O2. The van der Waals surface area contributed by atoms with Crippen LogP contribution in [0.1, 0.15) is 38.3 Å². The average molecular weight is 528 g/mol. The van der Waals surface area contributed by atoms with E-state index in [0.717, 1.165) is 42.9 Å². The number of nitrogens with one attached hydrogen (secondary N) is 2. The Kier molecular flexibility index (Phi) is 9.00. The van der Waals surface area contributed by atoms with Crippen LogP contribution in [-0.4, -0.2) is 50.9 Å². The Balaban J connectivity index is 1.75. The molecule has 3 rings (SSSR count). The molecule has 0 aliphatic rings. The van der Waals surface area contributed by atoms with Crippen LogP contribution in [-0.2, 0) is 6.18 Å². The molecule has 0 aliphatic heterocycles. The van der Waals surface area contributed by atoms with Gasteiger partial charge in [0.2, 0.25) is 0 Å². The number of halogens is 3. The zero-order chi connectivity index (χ0) is 28.0. The highest BCUT2D eigenvalue weighted by atomic mass is 19.4. The standard InChI is InChI=1S/C28H32F3N5O2/c1-18-9-10-21(33-26(37)19-7-5-8-20(15-19)28(29,30)31)16-25(18)34-27(38)23-17-22(11-12-24(23)32)36(4)14-6-13-35(2)3/h5,7-12,15-17H,6,13-14,32H2,1-4H3,(H,33,37)(H,34,38). The third-order valence-electron chi connectivity index (χ3n) is 6.02. The average Bonchev–Trinajstić information content (AvgIpc) is 2.85. The van der Waals surface area contributed by atoms with Gasteiger partial charge >= 0.3 is 6.18 Å². The molecule has 0 saturated carbocycles. The van der Waals surface area contributed by atoms with Gasteiger partial charge in [-0.05, 0) is 88.1 Å². The van der Waals surface area contributed by atoms with Crippen molar-refractivity contribution in [3.8, 4) is 0 Å². The van der Waals surface area contributed by atoms with E-state index in [-0.39, 0.29) is 5.56 Å². The first-order chi connectivity index (χ1) is 17.8. The predicted octanol–water partition coefficient (Wildman–Crippen LogP) is 5.49. The lowest BCUT2D eigenvalue weighted by molar-refractivity contribution is -0.137. The molecule has 7 nitrogen and oxygen atoms in total. The number of rotatable bonds is 9. The molecule has 0 unspecified atom stereocenters. The van der Waals surface area contributed by atoms with Crippen LogP contribution < -0.4 is 21.3 Å². The number of carbonyl (C=O) groups is 2. The number of nitrogens with zero attached hydrogens (tertiary/aromatic N) is 2. The molecule has 2 amide bonds. The summed E-state index contributed by atoms with van der Waals surface area (Å²) >= 11 is 0. The first kappa shape index (κ1) is 28.5. The highest BCUT2D eigenvalue weighted by Gasteiger charge is 2.31. The fourth-order valence-corrected chi connectivity index (χ4v) is 3.80. The molecule has 10 heteroatoms. The summed E-state index contributed by atoms with van der Waals surface area (Å²) in [5.41, 5.74) is 8.00. The molecule has 4 N–H and O–H groups in total. The summed E-state index contributed by atoms with van der Waals surface area (Å²) in [6.45, 7) is 3.52. The van der Waals surface area contributed by atoms with E-state index in [9.17, 15) is 22.8 Å². The number of nitrogens with two attached hydrogens (primary N) is 1. The van der Waals surface area contributed by atoms with Crippen LogP contribution >= 0.6 is 0 Å². The van der Waals surface area contributed by atoms with Gasteiger partial charge < -0.3 is 26.2 Å². The second-order valence-electron chi connectivity index (χ2n) is 9.37. The van der Waals surface area contributed by atoms with Gasteiger partial charge in [0.05, 0.1) is 11.1 Å². The van der Waals surface area contributed by atoms with E-state index in [1.807, 2.05) is 27.2 Å². The smallest absolute Gasteiger partial charge is 0.398 e. The van der Waals surface area contributed by atoms with Gasteiger partial charge in [0.25, 0.3) is 11.8 Å². The number of nitrogen functional groups attached to an aromatic ring is 1. The molecule has 0 fully saturated rings. The number of carbonyl (C=O) groups excluding carboxylic acids is 2. The molecule has 0 heterocycles. The third-order valence-corrected chi connectivity index (χ3v) is 6.02. The second-order valence-corrected chi connectivity index (χ2v) is 9.37. The lowest BCUT2D eigenvalue weighted by Gasteiger charge is -2.21. The van der Waals surface area contributed by atoms with Crippen molar-refractivity contribution in [1.29, 1.82) is 0 Å². The number of anilines is 4. The quantitative estimate of drug-likeness (QED) is 0.320. The highest BCUT2D eigenvalue weighted by Crippen LogP contribution is 2.30. The zero-order valence-corrected chi connectivity index (χ0v) is 21.8. The molecule has 3 aromatic carbocycles. The Hall–Kier alpha value is -4.05. The molecule has 202 valence electrons. The van der Waals surface area contributed by atoms with Crippen molar-refractivity contribution >= 4 is 34.6 Å². The van der Waals surface area contributed by atoms with E-state index >= 15 is 0 Å². The Morgan fingerprint density at radius 1 is 0.895 bits per heavy atom. The van der Waals surface area contributed by atoms with Crippen LogP contribution in [0.5, 0.6) is 0 Å². The van der Waals surface area contributed by atoms with Gasteiger partial charge in [0.1, 0.15) is 0 Å². The number of hydrogen-bond donors (Lipinski definition) is 3. The fourth-order valence-electron chi connectivity index (χ4n) is 3.80. The van der Waals surface area contributed by atoms with Gasteiger partial charge in [-0.1, -0.05) is 12.1 Å². The Morgan fingerprint density at radius 2 is 1.63 bits per heavy atom. The minimum absolute atomic E-state index is 0.134. The van der Waals surface area contributed by atoms with Crippen molar-refractivity contribution < 1.29 is 22.8 Å². The molecule has 0 aromatic heterocycles. The summed E-state index contributed by atoms with van der Waals surface area (Å²) in [6, 6.07) is 14.3. The lowest BCUT2D eigenvalue weighted by Crippen LogP contribution is -2.24. The van der Waals surface area contributed by atoms with Gasteiger partial charge in [0.15, 0.2) is 0 Å². The predicted molar refractivity (Wildman–Crippen MR) is 146 cm³/mol. The maximum Gasteiger partial charge on any atom is 0.416 e. The molecule has 0 atom stereocenters. The first-order valence-electron chi connectivity index (χ1n) is 12.0. The number of benzene rings is 3. The summed E-state index contributed by atoms with van der Waals surface area (Å²) in [7, 11) is 5.97. The molecule has 0 saturated heterocycles. The van der Waals surface area contributed by atoms with Crippen molar-refractivity contribution in [1.82, 2.24) is 4.90 Å².